The van der Waals surface area contributed by atoms with Crippen LogP contribution in [-0.4, -0.2) is 40.0 Å². The maximum absolute atomic E-state index is 12.3. The van der Waals surface area contributed by atoms with Gasteiger partial charge in [-0.2, -0.15) is 0 Å². The van der Waals surface area contributed by atoms with Gasteiger partial charge in [0.25, 0.3) is 0 Å². The molecule has 1 aliphatic heterocycles. The van der Waals surface area contributed by atoms with Gasteiger partial charge in [0.1, 0.15) is 5.65 Å². The standard InChI is InChI=1S/C17H24N4O2/c1-3-23-17(22)16-14(11-20-8-6-12(2)7-9-20)21-10-13(18)4-5-15(21)19-16/h4-5,10,12H,3,6-9,11,18H2,1-2H3. The van der Waals surface area contributed by atoms with Crippen molar-refractivity contribution in [1.29, 1.82) is 0 Å². The number of ether oxygens (including phenoxy) is 1. The second kappa shape index (κ2) is 6.58. The molecule has 6 nitrogen and oxygen atoms in total. The number of rotatable bonds is 4. The molecule has 6 heteroatoms. The fourth-order valence-corrected chi connectivity index (χ4v) is 3.06. The molecule has 0 aliphatic carbocycles. The predicted molar refractivity (Wildman–Crippen MR) is 89.2 cm³/mol. The van der Waals surface area contributed by atoms with E-state index in [0.717, 1.165) is 30.3 Å². The molecule has 1 fully saturated rings. The molecule has 3 heterocycles. The molecule has 1 saturated heterocycles. The number of piperidine rings is 1. The molecule has 0 saturated carbocycles. The van der Waals surface area contributed by atoms with E-state index in [2.05, 4.69) is 16.8 Å². The summed E-state index contributed by atoms with van der Waals surface area (Å²) in [5, 5.41) is 0. The number of esters is 1. The third-order valence-electron chi connectivity index (χ3n) is 4.46. The zero-order valence-corrected chi connectivity index (χ0v) is 13.8. The van der Waals surface area contributed by atoms with Gasteiger partial charge in [-0.1, -0.05) is 6.92 Å². The number of aromatic nitrogens is 2. The minimum atomic E-state index is -0.366. The summed E-state index contributed by atoms with van der Waals surface area (Å²) in [5.74, 6) is 0.406. The van der Waals surface area contributed by atoms with Crippen LogP contribution < -0.4 is 5.73 Å². The monoisotopic (exact) mass is 316 g/mol. The minimum absolute atomic E-state index is 0.343. The average molecular weight is 316 g/mol. The zero-order valence-electron chi connectivity index (χ0n) is 13.8. The number of hydrogen-bond acceptors (Lipinski definition) is 5. The van der Waals surface area contributed by atoms with Crippen molar-refractivity contribution in [3.63, 3.8) is 0 Å². The van der Waals surface area contributed by atoms with Gasteiger partial charge < -0.3 is 10.5 Å². The summed E-state index contributed by atoms with van der Waals surface area (Å²) in [5.41, 5.74) is 8.55. The average Bonchev–Trinajstić information content (AvgIpc) is 2.88. The molecule has 0 radical (unpaired) electrons. The highest BCUT2D eigenvalue weighted by atomic mass is 16.5. The van der Waals surface area contributed by atoms with Gasteiger partial charge in [-0.15, -0.1) is 0 Å². The molecule has 0 atom stereocenters. The first-order chi connectivity index (χ1) is 11.1. The van der Waals surface area contributed by atoms with Crippen molar-refractivity contribution in [3.05, 3.63) is 29.7 Å². The lowest BCUT2D eigenvalue weighted by Gasteiger charge is -2.30. The molecule has 0 aromatic carbocycles. The molecule has 2 aromatic rings. The Balaban J connectivity index is 1.96. The summed E-state index contributed by atoms with van der Waals surface area (Å²) in [7, 11) is 0. The molecule has 2 N–H and O–H groups in total. The largest absolute Gasteiger partial charge is 0.461 e. The lowest BCUT2D eigenvalue weighted by atomic mass is 9.99. The van der Waals surface area contributed by atoms with E-state index in [0.29, 0.717) is 24.5 Å². The normalized spacial score (nSPS) is 16.8. The lowest BCUT2D eigenvalue weighted by Crippen LogP contribution is -2.33. The number of carbonyl (C=O) groups excluding carboxylic acids is 1. The van der Waals surface area contributed by atoms with E-state index in [9.17, 15) is 4.79 Å². The van der Waals surface area contributed by atoms with Crippen LogP contribution in [0, 0.1) is 5.92 Å². The molecule has 124 valence electrons. The Morgan fingerprint density at radius 2 is 2.13 bits per heavy atom. The van der Waals surface area contributed by atoms with E-state index in [1.807, 2.05) is 16.7 Å². The SMILES string of the molecule is CCOC(=O)c1nc2ccc(N)cn2c1CN1CCC(C)CC1. The summed E-state index contributed by atoms with van der Waals surface area (Å²) in [4.78, 5) is 19.1. The number of anilines is 1. The summed E-state index contributed by atoms with van der Waals surface area (Å²) < 4.78 is 7.09. The Hall–Kier alpha value is -2.08. The Kier molecular flexibility index (Phi) is 4.52. The van der Waals surface area contributed by atoms with Gasteiger partial charge >= 0.3 is 5.97 Å². The van der Waals surface area contributed by atoms with Crippen LogP contribution in [0.1, 0.15) is 42.9 Å². The van der Waals surface area contributed by atoms with Crippen LogP contribution in [0.15, 0.2) is 18.3 Å². The second-order valence-electron chi connectivity index (χ2n) is 6.28. The van der Waals surface area contributed by atoms with Gasteiger partial charge in [-0.25, -0.2) is 9.78 Å². The quantitative estimate of drug-likeness (QED) is 0.876. The van der Waals surface area contributed by atoms with Crippen molar-refractivity contribution in [2.75, 3.05) is 25.4 Å². The van der Waals surface area contributed by atoms with E-state index < -0.39 is 0 Å². The smallest absolute Gasteiger partial charge is 0.358 e. The molecule has 23 heavy (non-hydrogen) atoms. The van der Waals surface area contributed by atoms with E-state index in [4.69, 9.17) is 10.5 Å². The number of hydrogen-bond donors (Lipinski definition) is 1. The highest BCUT2D eigenvalue weighted by Gasteiger charge is 2.24. The van der Waals surface area contributed by atoms with Crippen LogP contribution in [0.3, 0.4) is 0 Å². The van der Waals surface area contributed by atoms with Gasteiger partial charge in [0.2, 0.25) is 0 Å². The topological polar surface area (TPSA) is 72.9 Å². The van der Waals surface area contributed by atoms with E-state index >= 15 is 0 Å². The van der Waals surface area contributed by atoms with Crippen LogP contribution in [0.4, 0.5) is 5.69 Å². The lowest BCUT2D eigenvalue weighted by molar-refractivity contribution is 0.0517. The third-order valence-corrected chi connectivity index (χ3v) is 4.46. The molecule has 1 aliphatic rings. The first kappa shape index (κ1) is 15.8. The molecule has 0 amide bonds. The summed E-state index contributed by atoms with van der Waals surface area (Å²) in [6, 6.07) is 3.63. The second-order valence-corrected chi connectivity index (χ2v) is 6.28. The fraction of sp³-hybridized carbons (Fsp3) is 0.529. The number of pyridine rings is 1. The van der Waals surface area contributed by atoms with Gasteiger partial charge in [-0.3, -0.25) is 9.30 Å². The summed E-state index contributed by atoms with van der Waals surface area (Å²) >= 11 is 0. The molecule has 3 rings (SSSR count). The highest BCUT2D eigenvalue weighted by molar-refractivity contribution is 5.89. The number of imidazole rings is 1. The first-order valence-corrected chi connectivity index (χ1v) is 8.24. The van der Waals surface area contributed by atoms with Gasteiger partial charge in [0.05, 0.1) is 12.3 Å². The number of fused-ring (bicyclic) bond motifs is 1. The minimum Gasteiger partial charge on any atom is -0.461 e. The fourth-order valence-electron chi connectivity index (χ4n) is 3.06. The number of nitrogens with two attached hydrogens (primary N) is 1. The summed E-state index contributed by atoms with van der Waals surface area (Å²) in [6.45, 7) is 7.20. The molecular formula is C17H24N4O2. The van der Waals surface area contributed by atoms with Gasteiger partial charge in [0.15, 0.2) is 5.69 Å². The van der Waals surface area contributed by atoms with E-state index in [-0.39, 0.29) is 5.97 Å². The number of nitrogen functional groups attached to an aromatic ring is 1. The van der Waals surface area contributed by atoms with Crippen LogP contribution in [-0.2, 0) is 11.3 Å². The van der Waals surface area contributed by atoms with Crippen molar-refractivity contribution in [2.24, 2.45) is 5.92 Å². The predicted octanol–water partition coefficient (Wildman–Crippen LogP) is 2.33. The van der Waals surface area contributed by atoms with Crippen molar-refractivity contribution >= 4 is 17.3 Å². The molecule has 0 spiro atoms. The van der Waals surface area contributed by atoms with E-state index in [1.165, 1.54) is 12.8 Å². The Bertz CT molecular complexity index is 702. The molecular weight excluding hydrogens is 292 g/mol. The van der Waals surface area contributed by atoms with Gasteiger partial charge in [0, 0.05) is 18.4 Å². The van der Waals surface area contributed by atoms with Crippen molar-refractivity contribution in [2.45, 2.75) is 33.2 Å². The zero-order chi connectivity index (χ0) is 16.4. The van der Waals surface area contributed by atoms with Crippen LogP contribution in [0.5, 0.6) is 0 Å². The van der Waals surface area contributed by atoms with Crippen LogP contribution >= 0.6 is 0 Å². The van der Waals surface area contributed by atoms with Gasteiger partial charge in [-0.05, 0) is 50.9 Å². The first-order valence-electron chi connectivity index (χ1n) is 8.24. The number of nitrogens with zero attached hydrogens (tertiary/aromatic N) is 3. The molecule has 2 aromatic heterocycles. The molecule has 0 bridgehead atoms. The van der Waals surface area contributed by atoms with Crippen LogP contribution in [0.2, 0.25) is 0 Å². The third kappa shape index (κ3) is 3.32. The van der Waals surface area contributed by atoms with Crippen molar-refractivity contribution < 1.29 is 9.53 Å². The number of carbonyl (C=O) groups is 1. The van der Waals surface area contributed by atoms with Crippen LogP contribution in [0.25, 0.3) is 5.65 Å². The Labute approximate surface area is 136 Å². The Morgan fingerprint density at radius 3 is 2.83 bits per heavy atom. The molecule has 0 unspecified atom stereocenters. The van der Waals surface area contributed by atoms with Crippen molar-refractivity contribution in [1.82, 2.24) is 14.3 Å². The Morgan fingerprint density at radius 1 is 1.39 bits per heavy atom. The van der Waals surface area contributed by atoms with E-state index in [1.54, 1.807) is 13.0 Å². The summed E-state index contributed by atoms with van der Waals surface area (Å²) in [6.07, 6.45) is 4.20. The number of likely N-dealkylation sites (tertiary alicyclic amines) is 1. The van der Waals surface area contributed by atoms with Crippen molar-refractivity contribution in [3.8, 4) is 0 Å². The highest BCUT2D eigenvalue weighted by Crippen LogP contribution is 2.22. The maximum atomic E-state index is 12.3. The maximum Gasteiger partial charge on any atom is 0.358 e.